The molecule has 0 bridgehead atoms. The molecule has 1 aliphatic rings. The molecule has 2 rings (SSSR count). The molecule has 1 aromatic carbocycles. The van der Waals surface area contributed by atoms with Crippen LogP contribution in [0.5, 0.6) is 0 Å². The van der Waals surface area contributed by atoms with Crippen LogP contribution in [0.3, 0.4) is 0 Å². The van der Waals surface area contributed by atoms with Gasteiger partial charge >= 0.3 is 6.03 Å². The summed E-state index contributed by atoms with van der Waals surface area (Å²) in [4.78, 5) is 28.5. The van der Waals surface area contributed by atoms with E-state index < -0.39 is 0 Å². The monoisotopic (exact) mass is 374 g/mol. The number of amides is 3. The zero-order chi connectivity index (χ0) is 19.8. The second-order valence-corrected chi connectivity index (χ2v) is 8.00. The first-order chi connectivity index (χ1) is 12.8. The Kier molecular flexibility index (Phi) is 8.10. The average Bonchev–Trinajstić information content (AvgIpc) is 2.62. The lowest BCUT2D eigenvalue weighted by molar-refractivity contribution is -0.117. The van der Waals surface area contributed by atoms with Gasteiger partial charge in [0.05, 0.1) is 6.54 Å². The maximum absolute atomic E-state index is 12.4. The Balaban J connectivity index is 1.70. The maximum atomic E-state index is 12.4. The summed E-state index contributed by atoms with van der Waals surface area (Å²) < 4.78 is 0. The number of carbonyl (C=O) groups is 2. The summed E-state index contributed by atoms with van der Waals surface area (Å²) in [5.41, 5.74) is 0.822. The van der Waals surface area contributed by atoms with Crippen LogP contribution in [0.25, 0.3) is 0 Å². The Hall–Kier alpha value is -2.08. The fourth-order valence-electron chi connectivity index (χ4n) is 3.48. The third-order valence-corrected chi connectivity index (χ3v) is 5.13. The van der Waals surface area contributed by atoms with Crippen LogP contribution >= 0.6 is 0 Å². The van der Waals surface area contributed by atoms with Crippen LogP contribution in [0.1, 0.15) is 40.0 Å². The van der Waals surface area contributed by atoms with Gasteiger partial charge in [0.15, 0.2) is 0 Å². The van der Waals surface area contributed by atoms with Gasteiger partial charge in [0.1, 0.15) is 0 Å². The summed E-state index contributed by atoms with van der Waals surface area (Å²) in [5.74, 6) is 0.575. The lowest BCUT2D eigenvalue weighted by Crippen LogP contribution is -2.51. The standard InChI is InChI=1S/C21H34N4O2/c1-16(2)14-17(3)24(4)21(27)23-19-10-12-25(13-11-19)15-20(26)22-18-8-6-5-7-9-18/h5-9,16-17,19H,10-15H2,1-4H3,(H,22,26)(H,23,27)/t17-/m1/s1. The molecule has 1 heterocycles. The second kappa shape index (κ2) is 10.3. The summed E-state index contributed by atoms with van der Waals surface area (Å²) in [6, 6.07) is 9.92. The summed E-state index contributed by atoms with van der Waals surface area (Å²) in [6.07, 6.45) is 2.74. The van der Waals surface area contributed by atoms with Gasteiger partial charge in [0.2, 0.25) is 5.91 Å². The molecule has 6 nitrogen and oxygen atoms in total. The third-order valence-electron chi connectivity index (χ3n) is 5.13. The Morgan fingerprint density at radius 2 is 1.78 bits per heavy atom. The summed E-state index contributed by atoms with van der Waals surface area (Å²) in [7, 11) is 1.87. The first-order valence-corrected chi connectivity index (χ1v) is 9.95. The highest BCUT2D eigenvalue weighted by molar-refractivity contribution is 5.92. The largest absolute Gasteiger partial charge is 0.335 e. The molecule has 3 amide bonds. The first-order valence-electron chi connectivity index (χ1n) is 9.95. The van der Waals surface area contributed by atoms with Gasteiger partial charge in [0, 0.05) is 37.9 Å². The fraction of sp³-hybridized carbons (Fsp3) is 0.619. The van der Waals surface area contributed by atoms with Gasteiger partial charge in [0.25, 0.3) is 0 Å². The molecular weight excluding hydrogens is 340 g/mol. The highest BCUT2D eigenvalue weighted by Gasteiger charge is 2.24. The number of nitrogens with one attached hydrogen (secondary N) is 2. The van der Waals surface area contributed by atoms with Crippen LogP contribution in [0.15, 0.2) is 30.3 Å². The van der Waals surface area contributed by atoms with Gasteiger partial charge in [-0.25, -0.2) is 4.79 Å². The smallest absolute Gasteiger partial charge is 0.317 e. The molecule has 1 saturated heterocycles. The van der Waals surface area contributed by atoms with Gasteiger partial charge < -0.3 is 15.5 Å². The van der Waals surface area contributed by atoms with Crippen molar-refractivity contribution in [2.45, 2.75) is 52.1 Å². The quantitative estimate of drug-likeness (QED) is 0.770. The number of benzene rings is 1. The average molecular weight is 375 g/mol. The van der Waals surface area contributed by atoms with Crippen molar-refractivity contribution in [1.29, 1.82) is 0 Å². The Morgan fingerprint density at radius 3 is 2.37 bits per heavy atom. The van der Waals surface area contributed by atoms with Crippen LogP contribution in [0.4, 0.5) is 10.5 Å². The Morgan fingerprint density at radius 1 is 1.15 bits per heavy atom. The zero-order valence-electron chi connectivity index (χ0n) is 17.1. The number of piperidine rings is 1. The predicted molar refractivity (Wildman–Crippen MR) is 110 cm³/mol. The molecule has 1 aliphatic heterocycles. The number of carbonyl (C=O) groups excluding carboxylic acids is 2. The molecule has 0 unspecified atom stereocenters. The number of likely N-dealkylation sites (tertiary alicyclic amines) is 1. The molecule has 0 radical (unpaired) electrons. The Bertz CT molecular complexity index is 597. The molecule has 0 saturated carbocycles. The van der Waals surface area contributed by atoms with Crippen molar-refractivity contribution in [2.24, 2.45) is 5.92 Å². The van der Waals surface area contributed by atoms with E-state index in [1.807, 2.05) is 37.4 Å². The highest BCUT2D eigenvalue weighted by atomic mass is 16.2. The van der Waals surface area contributed by atoms with E-state index in [-0.39, 0.29) is 24.0 Å². The van der Waals surface area contributed by atoms with Crippen molar-refractivity contribution in [3.8, 4) is 0 Å². The number of para-hydroxylation sites is 1. The molecule has 0 aromatic heterocycles. The van der Waals surface area contributed by atoms with E-state index in [0.29, 0.717) is 12.5 Å². The van der Waals surface area contributed by atoms with Gasteiger partial charge in [-0.1, -0.05) is 32.0 Å². The Labute approximate surface area is 163 Å². The van der Waals surface area contributed by atoms with Crippen LogP contribution < -0.4 is 10.6 Å². The third kappa shape index (κ3) is 7.21. The number of urea groups is 1. The zero-order valence-corrected chi connectivity index (χ0v) is 17.1. The number of hydrogen-bond donors (Lipinski definition) is 2. The first kappa shape index (κ1) is 21.2. The van der Waals surface area contributed by atoms with Gasteiger partial charge in [-0.3, -0.25) is 9.69 Å². The molecule has 0 aliphatic carbocycles. The van der Waals surface area contributed by atoms with Crippen molar-refractivity contribution in [1.82, 2.24) is 15.1 Å². The highest BCUT2D eigenvalue weighted by Crippen LogP contribution is 2.13. The minimum Gasteiger partial charge on any atom is -0.335 e. The minimum absolute atomic E-state index is 0.00317. The summed E-state index contributed by atoms with van der Waals surface area (Å²) >= 11 is 0. The number of hydrogen-bond acceptors (Lipinski definition) is 3. The van der Waals surface area contributed by atoms with Crippen LogP contribution in [-0.2, 0) is 4.79 Å². The molecule has 27 heavy (non-hydrogen) atoms. The molecule has 150 valence electrons. The van der Waals surface area contributed by atoms with Crippen molar-refractivity contribution < 1.29 is 9.59 Å². The van der Waals surface area contributed by atoms with Crippen molar-refractivity contribution >= 4 is 17.6 Å². The molecule has 1 atom stereocenters. The number of anilines is 1. The van der Waals surface area contributed by atoms with E-state index in [4.69, 9.17) is 0 Å². The van der Waals surface area contributed by atoms with E-state index in [1.54, 1.807) is 4.90 Å². The molecule has 1 aromatic rings. The van der Waals surface area contributed by atoms with Crippen molar-refractivity contribution in [2.75, 3.05) is 32.0 Å². The van der Waals surface area contributed by atoms with Crippen molar-refractivity contribution in [3.05, 3.63) is 30.3 Å². The lowest BCUT2D eigenvalue weighted by Gasteiger charge is -2.34. The van der Waals surface area contributed by atoms with E-state index in [1.165, 1.54) is 0 Å². The molecule has 2 N–H and O–H groups in total. The topological polar surface area (TPSA) is 64.7 Å². The van der Waals surface area contributed by atoms with Crippen LogP contribution in [0, 0.1) is 5.92 Å². The van der Waals surface area contributed by atoms with Crippen LogP contribution in [-0.4, -0.2) is 60.5 Å². The lowest BCUT2D eigenvalue weighted by atomic mass is 10.0. The van der Waals surface area contributed by atoms with Gasteiger partial charge in [-0.15, -0.1) is 0 Å². The number of rotatable bonds is 7. The van der Waals surface area contributed by atoms with E-state index in [2.05, 4.69) is 36.3 Å². The van der Waals surface area contributed by atoms with Crippen molar-refractivity contribution in [3.63, 3.8) is 0 Å². The number of nitrogens with zero attached hydrogens (tertiary/aromatic N) is 2. The molecular formula is C21H34N4O2. The second-order valence-electron chi connectivity index (χ2n) is 8.00. The fourth-order valence-corrected chi connectivity index (χ4v) is 3.48. The van der Waals surface area contributed by atoms with E-state index in [9.17, 15) is 9.59 Å². The maximum Gasteiger partial charge on any atom is 0.317 e. The molecule has 1 fully saturated rings. The van der Waals surface area contributed by atoms with E-state index in [0.717, 1.165) is 38.0 Å². The molecule has 6 heteroatoms. The minimum atomic E-state index is 0.00317. The van der Waals surface area contributed by atoms with Gasteiger partial charge in [-0.2, -0.15) is 0 Å². The normalized spacial score (nSPS) is 16.8. The van der Waals surface area contributed by atoms with E-state index >= 15 is 0 Å². The van der Waals surface area contributed by atoms with Crippen LogP contribution in [0.2, 0.25) is 0 Å². The van der Waals surface area contributed by atoms with Gasteiger partial charge in [-0.05, 0) is 44.2 Å². The summed E-state index contributed by atoms with van der Waals surface area (Å²) in [6.45, 7) is 8.46. The SMILES string of the molecule is CC(C)C[C@@H](C)N(C)C(=O)NC1CCN(CC(=O)Nc2ccccc2)CC1. The molecule has 0 spiro atoms. The summed E-state index contributed by atoms with van der Waals surface area (Å²) in [5, 5.41) is 6.06. The predicted octanol–water partition coefficient (Wildman–Crippen LogP) is 3.17.